The molecule has 0 atom stereocenters. The molecule has 0 spiro atoms. The smallest absolute Gasteiger partial charge is 0.402 e. The third-order valence-electron chi connectivity index (χ3n) is 2.01. The fourth-order valence-corrected chi connectivity index (χ4v) is 2.05. The van der Waals surface area contributed by atoms with Crippen molar-refractivity contribution in [1.29, 1.82) is 0 Å². The topological polar surface area (TPSA) is 122 Å². The van der Waals surface area contributed by atoms with Gasteiger partial charge in [-0.2, -0.15) is 26.3 Å². The molecule has 0 bridgehead atoms. The van der Waals surface area contributed by atoms with E-state index in [-0.39, 0.29) is 16.9 Å². The summed E-state index contributed by atoms with van der Waals surface area (Å²) in [6.07, 6.45) is -4.70. The Morgan fingerprint density at radius 1 is 1.35 bits per heavy atom. The highest BCUT2D eigenvalue weighted by atomic mass is 32.2. The first kappa shape index (κ1) is 16.0. The lowest BCUT2D eigenvalue weighted by atomic mass is 10.2. The van der Waals surface area contributed by atoms with Crippen molar-refractivity contribution in [1.82, 2.24) is 4.72 Å². The number of hydrogen-bond acceptors (Lipinski definition) is 4. The SMILES string of the molecule is Nc1cc(C(=O)O)ccc1NS(=O)(=O)NCC(F)(F)F. The second-order valence-corrected chi connectivity index (χ2v) is 5.15. The van der Waals surface area contributed by atoms with Crippen LogP contribution in [0.1, 0.15) is 10.4 Å². The normalized spacial score (nSPS) is 12.2. The molecule has 0 aliphatic rings. The number of rotatable bonds is 5. The minimum absolute atomic E-state index is 0.186. The van der Waals surface area contributed by atoms with E-state index in [9.17, 15) is 26.4 Å². The summed E-state index contributed by atoms with van der Waals surface area (Å²) in [5.74, 6) is -1.28. The molecule has 0 unspecified atom stereocenters. The van der Waals surface area contributed by atoms with E-state index in [2.05, 4.69) is 0 Å². The van der Waals surface area contributed by atoms with Gasteiger partial charge in [-0.05, 0) is 18.2 Å². The molecule has 1 aromatic rings. The molecule has 112 valence electrons. The third-order valence-corrected chi connectivity index (χ3v) is 3.02. The number of nitrogens with one attached hydrogen (secondary N) is 2. The van der Waals surface area contributed by atoms with Crippen LogP contribution in [0.2, 0.25) is 0 Å². The van der Waals surface area contributed by atoms with Crippen LogP contribution in [0.25, 0.3) is 0 Å². The number of halogens is 3. The van der Waals surface area contributed by atoms with Crippen LogP contribution in [0.15, 0.2) is 18.2 Å². The Hall–Kier alpha value is -2.01. The molecule has 0 radical (unpaired) electrons. The summed E-state index contributed by atoms with van der Waals surface area (Å²) in [7, 11) is -4.47. The minimum atomic E-state index is -4.70. The zero-order valence-corrected chi connectivity index (χ0v) is 10.5. The lowest BCUT2D eigenvalue weighted by molar-refractivity contribution is -0.121. The number of aromatic carboxylic acids is 1. The number of nitrogens with two attached hydrogens (primary N) is 1. The van der Waals surface area contributed by atoms with E-state index in [1.54, 1.807) is 4.72 Å². The van der Waals surface area contributed by atoms with Crippen molar-refractivity contribution in [2.24, 2.45) is 0 Å². The van der Waals surface area contributed by atoms with Gasteiger partial charge in [0.05, 0.1) is 16.9 Å². The Morgan fingerprint density at radius 3 is 2.40 bits per heavy atom. The van der Waals surface area contributed by atoms with Crippen molar-refractivity contribution < 1.29 is 31.5 Å². The van der Waals surface area contributed by atoms with E-state index < -0.39 is 28.9 Å². The van der Waals surface area contributed by atoms with Crippen LogP contribution in [-0.4, -0.2) is 32.2 Å². The lowest BCUT2D eigenvalue weighted by Crippen LogP contribution is -2.37. The van der Waals surface area contributed by atoms with Crippen molar-refractivity contribution in [2.45, 2.75) is 6.18 Å². The fraction of sp³-hybridized carbons (Fsp3) is 0.222. The van der Waals surface area contributed by atoms with Gasteiger partial charge in [0.15, 0.2) is 0 Å². The summed E-state index contributed by atoms with van der Waals surface area (Å²) in [5, 5.41) is 8.67. The van der Waals surface area contributed by atoms with Gasteiger partial charge in [0.2, 0.25) is 0 Å². The average molecular weight is 313 g/mol. The molecule has 0 aliphatic heterocycles. The number of benzene rings is 1. The number of alkyl halides is 3. The van der Waals surface area contributed by atoms with Gasteiger partial charge in [0, 0.05) is 0 Å². The number of carbonyl (C=O) groups is 1. The summed E-state index contributed by atoms with van der Waals surface area (Å²) in [6.45, 7) is -1.74. The molecule has 11 heteroatoms. The van der Waals surface area contributed by atoms with Crippen molar-refractivity contribution >= 4 is 27.6 Å². The van der Waals surface area contributed by atoms with Crippen LogP contribution < -0.4 is 15.2 Å². The molecule has 0 heterocycles. The van der Waals surface area contributed by atoms with E-state index >= 15 is 0 Å². The van der Waals surface area contributed by atoms with Crippen LogP contribution in [0, 0.1) is 0 Å². The van der Waals surface area contributed by atoms with Crippen LogP contribution >= 0.6 is 0 Å². The van der Waals surface area contributed by atoms with E-state index in [1.807, 2.05) is 0 Å². The van der Waals surface area contributed by atoms with Gasteiger partial charge in [-0.1, -0.05) is 0 Å². The van der Waals surface area contributed by atoms with Gasteiger partial charge in [-0.3, -0.25) is 4.72 Å². The van der Waals surface area contributed by atoms with Crippen molar-refractivity contribution in [2.75, 3.05) is 17.0 Å². The van der Waals surface area contributed by atoms with Crippen LogP contribution in [-0.2, 0) is 10.2 Å². The van der Waals surface area contributed by atoms with Crippen molar-refractivity contribution in [3.63, 3.8) is 0 Å². The quantitative estimate of drug-likeness (QED) is 0.598. The first-order chi connectivity index (χ1) is 9.00. The second-order valence-electron chi connectivity index (χ2n) is 3.65. The molecular weight excluding hydrogens is 303 g/mol. The highest BCUT2D eigenvalue weighted by Gasteiger charge is 2.29. The highest BCUT2D eigenvalue weighted by molar-refractivity contribution is 7.90. The molecule has 20 heavy (non-hydrogen) atoms. The standard InChI is InChI=1S/C9H10F3N3O4S/c10-9(11,12)4-14-20(18,19)15-7-2-1-5(8(16)17)3-6(7)13/h1-3,14-15H,4,13H2,(H,16,17). The molecule has 0 saturated heterocycles. The van der Waals surface area contributed by atoms with Gasteiger partial charge < -0.3 is 10.8 Å². The minimum Gasteiger partial charge on any atom is -0.478 e. The van der Waals surface area contributed by atoms with Crippen LogP contribution in [0.5, 0.6) is 0 Å². The molecule has 0 aliphatic carbocycles. The van der Waals surface area contributed by atoms with Gasteiger partial charge in [0.1, 0.15) is 6.54 Å². The van der Waals surface area contributed by atoms with Crippen LogP contribution in [0.3, 0.4) is 0 Å². The third kappa shape index (κ3) is 4.93. The molecule has 0 fully saturated rings. The van der Waals surface area contributed by atoms with E-state index in [0.717, 1.165) is 18.2 Å². The first-order valence-electron chi connectivity index (χ1n) is 4.97. The Kier molecular flexibility index (Phi) is 4.45. The maximum atomic E-state index is 11.9. The fourth-order valence-electron chi connectivity index (χ4n) is 1.15. The van der Waals surface area contributed by atoms with Gasteiger partial charge in [0.25, 0.3) is 10.2 Å². The second kappa shape index (κ2) is 5.54. The average Bonchev–Trinajstić information content (AvgIpc) is 2.28. The van der Waals surface area contributed by atoms with E-state index in [0.29, 0.717) is 0 Å². The van der Waals surface area contributed by atoms with Crippen molar-refractivity contribution in [3.8, 4) is 0 Å². The zero-order chi connectivity index (χ0) is 15.6. The number of hydrogen-bond donors (Lipinski definition) is 4. The predicted octanol–water partition coefficient (Wildman–Crippen LogP) is 0.776. The molecule has 0 amide bonds. The molecule has 0 saturated carbocycles. The molecular formula is C9H10F3N3O4S. The largest absolute Gasteiger partial charge is 0.478 e. The number of carboxylic acid groups (broad SMARTS) is 1. The summed E-state index contributed by atoms with van der Waals surface area (Å²) in [4.78, 5) is 10.6. The maximum absolute atomic E-state index is 11.9. The van der Waals surface area contributed by atoms with Crippen molar-refractivity contribution in [3.05, 3.63) is 23.8 Å². The first-order valence-corrected chi connectivity index (χ1v) is 6.45. The molecule has 5 N–H and O–H groups in total. The maximum Gasteiger partial charge on any atom is 0.402 e. The Labute approximate surface area is 111 Å². The van der Waals surface area contributed by atoms with E-state index in [4.69, 9.17) is 10.8 Å². The zero-order valence-electron chi connectivity index (χ0n) is 9.73. The molecule has 1 aromatic carbocycles. The Morgan fingerprint density at radius 2 is 1.95 bits per heavy atom. The van der Waals surface area contributed by atoms with Crippen LogP contribution in [0.4, 0.5) is 24.5 Å². The summed E-state index contributed by atoms with van der Waals surface area (Å²) in [5.41, 5.74) is 4.76. The lowest BCUT2D eigenvalue weighted by Gasteiger charge is -2.12. The van der Waals surface area contributed by atoms with Gasteiger partial charge in [-0.15, -0.1) is 0 Å². The highest BCUT2D eigenvalue weighted by Crippen LogP contribution is 2.21. The molecule has 0 aromatic heterocycles. The number of carboxylic acids is 1. The van der Waals surface area contributed by atoms with Gasteiger partial charge >= 0.3 is 12.1 Å². The predicted molar refractivity (Wildman–Crippen MR) is 64.4 cm³/mol. The summed E-state index contributed by atoms with van der Waals surface area (Å²) < 4.78 is 61.4. The molecule has 7 nitrogen and oxygen atoms in total. The Balaban J connectivity index is 2.85. The summed E-state index contributed by atoms with van der Waals surface area (Å²) >= 11 is 0. The Bertz CT molecular complexity index is 615. The number of anilines is 2. The van der Waals surface area contributed by atoms with Gasteiger partial charge in [-0.25, -0.2) is 4.79 Å². The monoisotopic (exact) mass is 313 g/mol. The molecule has 1 rings (SSSR count). The van der Waals surface area contributed by atoms with E-state index in [1.165, 1.54) is 4.72 Å². The summed E-state index contributed by atoms with van der Waals surface area (Å²) in [6, 6.07) is 3.07. The number of nitrogen functional groups attached to an aromatic ring is 1.